The molecule has 3 heteroatoms. The first-order valence-corrected chi connectivity index (χ1v) is 4.83. The Hall–Kier alpha value is 0.210. The van der Waals surface area contributed by atoms with Gasteiger partial charge in [0.05, 0.1) is 6.10 Å². The van der Waals surface area contributed by atoms with Gasteiger partial charge in [-0.15, -0.1) is 11.6 Å². The summed E-state index contributed by atoms with van der Waals surface area (Å²) in [6.07, 6.45) is 2.88. The Morgan fingerprint density at radius 2 is 2.00 bits per heavy atom. The summed E-state index contributed by atoms with van der Waals surface area (Å²) in [6.45, 7) is 3.17. The van der Waals surface area contributed by atoms with Gasteiger partial charge in [-0.05, 0) is 25.8 Å². The van der Waals surface area contributed by atoms with Gasteiger partial charge >= 0.3 is 0 Å². The standard InChI is InChI=1S/C8H16ClNO/c9-4-1-5-10-6-2-8(11)3-7-10/h8,11H,1-7H2. The van der Waals surface area contributed by atoms with Gasteiger partial charge in [0.15, 0.2) is 0 Å². The topological polar surface area (TPSA) is 23.5 Å². The molecule has 0 aromatic rings. The number of aliphatic hydroxyl groups is 1. The predicted molar refractivity (Wildman–Crippen MR) is 47.0 cm³/mol. The molecule has 2 nitrogen and oxygen atoms in total. The average molecular weight is 178 g/mol. The molecule has 0 aliphatic carbocycles. The van der Waals surface area contributed by atoms with Gasteiger partial charge in [-0.2, -0.15) is 0 Å². The zero-order valence-corrected chi connectivity index (χ0v) is 7.56. The van der Waals surface area contributed by atoms with Gasteiger partial charge in [-0.1, -0.05) is 0 Å². The van der Waals surface area contributed by atoms with Crippen LogP contribution in [0.15, 0.2) is 0 Å². The lowest BCUT2D eigenvalue weighted by molar-refractivity contribution is 0.0828. The SMILES string of the molecule is OC1CCN(CCCCl)CC1. The van der Waals surface area contributed by atoms with E-state index in [1.54, 1.807) is 0 Å². The van der Waals surface area contributed by atoms with Crippen LogP contribution in [-0.4, -0.2) is 41.6 Å². The molecule has 0 bridgehead atoms. The smallest absolute Gasteiger partial charge is 0.0564 e. The van der Waals surface area contributed by atoms with Crippen LogP contribution < -0.4 is 0 Å². The Balaban J connectivity index is 2.07. The highest BCUT2D eigenvalue weighted by Gasteiger charge is 2.15. The molecule has 66 valence electrons. The zero-order chi connectivity index (χ0) is 8.10. The Morgan fingerprint density at radius 3 is 2.55 bits per heavy atom. The Morgan fingerprint density at radius 1 is 1.36 bits per heavy atom. The fourth-order valence-electron chi connectivity index (χ4n) is 1.43. The van der Waals surface area contributed by atoms with Gasteiger partial charge in [0.2, 0.25) is 0 Å². The van der Waals surface area contributed by atoms with Crippen LogP contribution >= 0.6 is 11.6 Å². The van der Waals surface area contributed by atoms with E-state index in [4.69, 9.17) is 11.6 Å². The van der Waals surface area contributed by atoms with Crippen LogP contribution in [0.5, 0.6) is 0 Å². The molecule has 0 aromatic carbocycles. The fraction of sp³-hybridized carbons (Fsp3) is 1.00. The second-order valence-electron chi connectivity index (χ2n) is 3.12. The van der Waals surface area contributed by atoms with E-state index >= 15 is 0 Å². The van der Waals surface area contributed by atoms with E-state index in [2.05, 4.69) is 4.90 Å². The molecule has 0 radical (unpaired) electrons. The molecular formula is C8H16ClNO. The highest BCUT2D eigenvalue weighted by Crippen LogP contribution is 2.09. The summed E-state index contributed by atoms with van der Waals surface area (Å²) in [7, 11) is 0. The Bertz CT molecular complexity index is 99.5. The molecule has 0 amide bonds. The number of hydrogen-bond donors (Lipinski definition) is 1. The largest absolute Gasteiger partial charge is 0.393 e. The first kappa shape index (κ1) is 9.30. The van der Waals surface area contributed by atoms with E-state index in [1.165, 1.54) is 0 Å². The van der Waals surface area contributed by atoms with Gasteiger partial charge < -0.3 is 10.0 Å². The average Bonchev–Trinajstić information content (AvgIpc) is 2.04. The van der Waals surface area contributed by atoms with Crippen molar-refractivity contribution in [3.63, 3.8) is 0 Å². The third-order valence-electron chi connectivity index (χ3n) is 2.17. The molecule has 1 N–H and O–H groups in total. The number of hydrogen-bond acceptors (Lipinski definition) is 2. The van der Waals surface area contributed by atoms with E-state index in [1.807, 2.05) is 0 Å². The molecule has 0 saturated carbocycles. The van der Waals surface area contributed by atoms with Crippen LogP contribution in [0.25, 0.3) is 0 Å². The van der Waals surface area contributed by atoms with Crippen molar-refractivity contribution in [2.75, 3.05) is 25.5 Å². The van der Waals surface area contributed by atoms with Crippen LogP contribution in [-0.2, 0) is 0 Å². The second-order valence-corrected chi connectivity index (χ2v) is 3.49. The normalized spacial score (nSPS) is 22.4. The van der Waals surface area contributed by atoms with E-state index in [0.717, 1.165) is 44.8 Å². The van der Waals surface area contributed by atoms with Crippen molar-refractivity contribution >= 4 is 11.6 Å². The summed E-state index contributed by atoms with van der Waals surface area (Å²) in [4.78, 5) is 2.37. The van der Waals surface area contributed by atoms with Crippen LogP contribution in [0.3, 0.4) is 0 Å². The summed E-state index contributed by atoms with van der Waals surface area (Å²) in [5, 5.41) is 9.20. The molecule has 11 heavy (non-hydrogen) atoms. The minimum absolute atomic E-state index is 0.0535. The van der Waals surface area contributed by atoms with Crippen LogP contribution in [0.4, 0.5) is 0 Å². The van der Waals surface area contributed by atoms with Gasteiger partial charge in [0.1, 0.15) is 0 Å². The molecule has 0 spiro atoms. The summed E-state index contributed by atoms with van der Waals surface area (Å²) >= 11 is 5.57. The number of rotatable bonds is 3. The van der Waals surface area contributed by atoms with Crippen molar-refractivity contribution < 1.29 is 5.11 Å². The number of piperidine rings is 1. The van der Waals surface area contributed by atoms with Gasteiger partial charge in [-0.25, -0.2) is 0 Å². The molecule has 0 unspecified atom stereocenters. The number of aliphatic hydroxyl groups excluding tert-OH is 1. The molecule has 0 aromatic heterocycles. The monoisotopic (exact) mass is 177 g/mol. The lowest BCUT2D eigenvalue weighted by atomic mass is 10.1. The van der Waals surface area contributed by atoms with Gasteiger partial charge in [0.25, 0.3) is 0 Å². The number of nitrogens with zero attached hydrogens (tertiary/aromatic N) is 1. The van der Waals surface area contributed by atoms with Crippen LogP contribution in [0.1, 0.15) is 19.3 Å². The highest BCUT2D eigenvalue weighted by molar-refractivity contribution is 6.17. The summed E-state index contributed by atoms with van der Waals surface area (Å²) < 4.78 is 0. The molecule has 1 aliphatic rings. The maximum Gasteiger partial charge on any atom is 0.0564 e. The van der Waals surface area contributed by atoms with Crippen molar-refractivity contribution in [3.05, 3.63) is 0 Å². The van der Waals surface area contributed by atoms with Crippen molar-refractivity contribution in [1.82, 2.24) is 4.90 Å². The Kier molecular flexibility index (Phi) is 4.20. The van der Waals surface area contributed by atoms with E-state index in [0.29, 0.717) is 0 Å². The molecule has 0 atom stereocenters. The maximum atomic E-state index is 9.20. The second kappa shape index (κ2) is 4.96. The van der Waals surface area contributed by atoms with Crippen molar-refractivity contribution in [1.29, 1.82) is 0 Å². The molecule has 1 heterocycles. The molecule has 1 fully saturated rings. The number of alkyl halides is 1. The van der Waals surface area contributed by atoms with E-state index in [9.17, 15) is 5.11 Å². The third-order valence-corrected chi connectivity index (χ3v) is 2.43. The van der Waals surface area contributed by atoms with Gasteiger partial charge in [-0.3, -0.25) is 0 Å². The number of halogens is 1. The minimum Gasteiger partial charge on any atom is -0.393 e. The number of likely N-dealkylation sites (tertiary alicyclic amines) is 1. The Labute approximate surface area is 73.1 Å². The van der Waals surface area contributed by atoms with Crippen molar-refractivity contribution in [2.24, 2.45) is 0 Å². The van der Waals surface area contributed by atoms with Gasteiger partial charge in [0, 0.05) is 19.0 Å². The lowest BCUT2D eigenvalue weighted by Gasteiger charge is -2.29. The van der Waals surface area contributed by atoms with Crippen LogP contribution in [0, 0.1) is 0 Å². The van der Waals surface area contributed by atoms with E-state index in [-0.39, 0.29) is 6.10 Å². The minimum atomic E-state index is -0.0535. The summed E-state index contributed by atoms with van der Waals surface area (Å²) in [5.74, 6) is 0.749. The first-order chi connectivity index (χ1) is 5.33. The summed E-state index contributed by atoms with van der Waals surface area (Å²) in [5.41, 5.74) is 0. The molecule has 1 rings (SSSR count). The fourth-order valence-corrected chi connectivity index (χ4v) is 1.55. The highest BCUT2D eigenvalue weighted by atomic mass is 35.5. The van der Waals surface area contributed by atoms with Crippen molar-refractivity contribution in [2.45, 2.75) is 25.4 Å². The molecule has 1 saturated heterocycles. The molecular weight excluding hydrogens is 162 g/mol. The first-order valence-electron chi connectivity index (χ1n) is 4.29. The predicted octanol–water partition coefficient (Wildman–Crippen LogP) is 1.07. The summed E-state index contributed by atoms with van der Waals surface area (Å²) in [6, 6.07) is 0. The quantitative estimate of drug-likeness (QED) is 0.653. The molecule has 1 aliphatic heterocycles. The third kappa shape index (κ3) is 3.41. The zero-order valence-electron chi connectivity index (χ0n) is 6.80. The van der Waals surface area contributed by atoms with Crippen molar-refractivity contribution in [3.8, 4) is 0 Å². The maximum absolute atomic E-state index is 9.20. The van der Waals surface area contributed by atoms with E-state index < -0.39 is 0 Å². The van der Waals surface area contributed by atoms with Crippen LogP contribution in [0.2, 0.25) is 0 Å². The lowest BCUT2D eigenvalue weighted by Crippen LogP contribution is -2.36.